The van der Waals surface area contributed by atoms with Gasteiger partial charge in [-0.3, -0.25) is 14.6 Å². The maximum absolute atomic E-state index is 12.6. The highest BCUT2D eigenvalue weighted by molar-refractivity contribution is 6.14. The Morgan fingerprint density at radius 2 is 1.89 bits per heavy atom. The molecule has 0 atom stereocenters. The van der Waals surface area contributed by atoms with Gasteiger partial charge >= 0.3 is 0 Å². The number of benzene rings is 1. The van der Waals surface area contributed by atoms with Crippen molar-refractivity contribution in [1.29, 1.82) is 0 Å². The minimum absolute atomic E-state index is 0.124. The second-order valence-corrected chi connectivity index (χ2v) is 6.74. The molecule has 0 unspecified atom stereocenters. The third-order valence-electron chi connectivity index (χ3n) is 5.00. The second kappa shape index (κ2) is 7.56. The molecule has 7 heteroatoms. The number of carbonyl (C=O) groups excluding carboxylic acids is 1. The molecule has 2 aliphatic rings. The largest absolute Gasteiger partial charge is 0.507 e. The highest BCUT2D eigenvalue weighted by atomic mass is 16.5. The maximum atomic E-state index is 12.6. The van der Waals surface area contributed by atoms with E-state index in [2.05, 4.69) is 9.80 Å². The molecule has 0 amide bonds. The van der Waals surface area contributed by atoms with Crippen LogP contribution in [0.15, 0.2) is 40.7 Å². The predicted molar refractivity (Wildman–Crippen MR) is 98.6 cm³/mol. The molecular formula is C20H22N2O5. The van der Waals surface area contributed by atoms with Gasteiger partial charge in [0.05, 0.1) is 24.0 Å². The average molecular weight is 370 g/mol. The summed E-state index contributed by atoms with van der Waals surface area (Å²) in [6.45, 7) is 4.72. The van der Waals surface area contributed by atoms with Gasteiger partial charge in [0.25, 0.3) is 0 Å². The first-order valence-corrected chi connectivity index (χ1v) is 9.04. The number of Topliss-reactive ketones (excluding diaryl/α,β-unsaturated/α-hetero) is 1. The summed E-state index contributed by atoms with van der Waals surface area (Å²) in [4.78, 5) is 17.1. The number of aliphatic hydroxyl groups is 1. The van der Waals surface area contributed by atoms with Gasteiger partial charge in [0.2, 0.25) is 5.78 Å². The molecule has 2 aromatic rings. The molecule has 0 aliphatic carbocycles. The van der Waals surface area contributed by atoms with E-state index < -0.39 is 0 Å². The molecule has 142 valence electrons. The zero-order chi connectivity index (χ0) is 18.8. The monoisotopic (exact) mass is 370 g/mol. The molecule has 1 fully saturated rings. The van der Waals surface area contributed by atoms with Crippen molar-refractivity contribution >= 4 is 11.9 Å². The molecule has 1 aromatic heterocycles. The third-order valence-corrected chi connectivity index (χ3v) is 5.00. The normalized spacial score (nSPS) is 19.4. The molecule has 1 saturated heterocycles. The fourth-order valence-electron chi connectivity index (χ4n) is 3.49. The smallest absolute Gasteiger partial charge is 0.232 e. The molecule has 0 bridgehead atoms. The van der Waals surface area contributed by atoms with E-state index in [0.29, 0.717) is 35.7 Å². The lowest BCUT2D eigenvalue weighted by Gasteiger charge is -2.34. The Morgan fingerprint density at radius 1 is 1.11 bits per heavy atom. The number of carbonyl (C=O) groups is 1. The molecule has 0 spiro atoms. The van der Waals surface area contributed by atoms with E-state index >= 15 is 0 Å². The molecular weight excluding hydrogens is 348 g/mol. The Hall–Kier alpha value is -2.61. The summed E-state index contributed by atoms with van der Waals surface area (Å²) >= 11 is 0. The van der Waals surface area contributed by atoms with Gasteiger partial charge in [-0.25, -0.2) is 0 Å². The van der Waals surface area contributed by atoms with Gasteiger partial charge in [0, 0.05) is 45.3 Å². The van der Waals surface area contributed by atoms with E-state index in [1.807, 2.05) is 0 Å². The van der Waals surface area contributed by atoms with Crippen LogP contribution in [0.25, 0.3) is 6.08 Å². The minimum atomic E-state index is -0.213. The van der Waals surface area contributed by atoms with Crippen molar-refractivity contribution in [3.63, 3.8) is 0 Å². The van der Waals surface area contributed by atoms with Gasteiger partial charge in [-0.1, -0.05) is 0 Å². The number of ketones is 1. The van der Waals surface area contributed by atoms with Crippen LogP contribution < -0.4 is 4.74 Å². The van der Waals surface area contributed by atoms with Crippen LogP contribution in [0.5, 0.6) is 11.5 Å². The number of piperazine rings is 1. The van der Waals surface area contributed by atoms with Gasteiger partial charge in [0.15, 0.2) is 5.76 Å². The van der Waals surface area contributed by atoms with E-state index in [1.54, 1.807) is 30.3 Å². The van der Waals surface area contributed by atoms with Crippen molar-refractivity contribution in [2.45, 2.75) is 6.54 Å². The summed E-state index contributed by atoms with van der Waals surface area (Å²) in [7, 11) is 0. The highest BCUT2D eigenvalue weighted by Crippen LogP contribution is 2.40. The van der Waals surface area contributed by atoms with Crippen molar-refractivity contribution < 1.29 is 24.2 Å². The van der Waals surface area contributed by atoms with E-state index in [0.717, 1.165) is 26.2 Å². The number of furan rings is 1. The predicted octanol–water partition coefficient (Wildman–Crippen LogP) is 1.71. The first-order valence-electron chi connectivity index (χ1n) is 9.04. The zero-order valence-electron chi connectivity index (χ0n) is 14.9. The Balaban J connectivity index is 1.54. The summed E-state index contributed by atoms with van der Waals surface area (Å²) < 4.78 is 11.1. The van der Waals surface area contributed by atoms with E-state index in [9.17, 15) is 9.90 Å². The quantitative estimate of drug-likeness (QED) is 0.775. The molecule has 1 aromatic carbocycles. The molecule has 0 radical (unpaired) electrons. The lowest BCUT2D eigenvalue weighted by Crippen LogP contribution is -2.46. The summed E-state index contributed by atoms with van der Waals surface area (Å²) in [6, 6.07) is 6.63. The summed E-state index contributed by atoms with van der Waals surface area (Å²) in [5.74, 6) is 1.07. The zero-order valence-corrected chi connectivity index (χ0v) is 14.9. The maximum Gasteiger partial charge on any atom is 0.232 e. The molecule has 2 aliphatic heterocycles. The number of aromatic hydroxyl groups is 1. The molecule has 7 nitrogen and oxygen atoms in total. The van der Waals surface area contributed by atoms with E-state index in [1.165, 1.54) is 6.26 Å². The Kier molecular flexibility index (Phi) is 4.98. The van der Waals surface area contributed by atoms with Crippen LogP contribution in [0.3, 0.4) is 0 Å². The van der Waals surface area contributed by atoms with Crippen LogP contribution in [0.2, 0.25) is 0 Å². The summed E-state index contributed by atoms with van der Waals surface area (Å²) in [5, 5.41) is 19.4. The van der Waals surface area contributed by atoms with Crippen molar-refractivity contribution in [1.82, 2.24) is 9.80 Å². The minimum Gasteiger partial charge on any atom is -0.507 e. The lowest BCUT2D eigenvalue weighted by atomic mass is 10.0. The van der Waals surface area contributed by atoms with Crippen molar-refractivity contribution in [2.24, 2.45) is 0 Å². The SMILES string of the molecule is O=C1/C(=C\c2ccco2)Oc2c1ccc(O)c2CN1CCN(CCO)CC1. The Bertz CT molecular complexity index is 852. The number of allylic oxidation sites excluding steroid dienone is 1. The third kappa shape index (κ3) is 3.62. The fourth-order valence-corrected chi connectivity index (χ4v) is 3.49. The number of nitrogens with zero attached hydrogens (tertiary/aromatic N) is 2. The molecule has 4 rings (SSSR count). The van der Waals surface area contributed by atoms with Crippen LogP contribution in [0, 0.1) is 0 Å². The van der Waals surface area contributed by atoms with Gasteiger partial charge in [-0.2, -0.15) is 0 Å². The lowest BCUT2D eigenvalue weighted by molar-refractivity contribution is 0.101. The van der Waals surface area contributed by atoms with E-state index in [4.69, 9.17) is 14.3 Å². The van der Waals surface area contributed by atoms with Gasteiger partial charge in [0.1, 0.15) is 17.3 Å². The molecule has 3 heterocycles. The number of phenols is 1. The van der Waals surface area contributed by atoms with Crippen LogP contribution in [-0.4, -0.2) is 65.1 Å². The summed E-state index contributed by atoms with van der Waals surface area (Å²) in [6.07, 6.45) is 3.10. The number of hydrogen-bond donors (Lipinski definition) is 2. The van der Waals surface area contributed by atoms with Gasteiger partial charge < -0.3 is 19.4 Å². The summed E-state index contributed by atoms with van der Waals surface area (Å²) in [5.41, 5.74) is 1.08. The number of fused-ring (bicyclic) bond motifs is 1. The highest BCUT2D eigenvalue weighted by Gasteiger charge is 2.32. The molecule has 2 N–H and O–H groups in total. The average Bonchev–Trinajstić information content (AvgIpc) is 3.28. The Labute approximate surface area is 157 Å². The number of rotatable bonds is 5. The number of phenolic OH excluding ortho intramolecular Hbond substituents is 1. The first kappa shape index (κ1) is 17.8. The number of hydrogen-bond acceptors (Lipinski definition) is 7. The van der Waals surface area contributed by atoms with E-state index in [-0.39, 0.29) is 23.9 Å². The fraction of sp³-hybridized carbons (Fsp3) is 0.350. The molecule has 0 saturated carbocycles. The number of β-amino-alcohol motifs (C(OH)–C–C–N with tert-alkyl or cyclic N) is 1. The van der Waals surface area contributed by atoms with Crippen LogP contribution in [-0.2, 0) is 6.54 Å². The number of aliphatic hydroxyl groups excluding tert-OH is 1. The van der Waals surface area contributed by atoms with Gasteiger partial charge in [-0.05, 0) is 24.3 Å². The first-order chi connectivity index (χ1) is 13.2. The van der Waals surface area contributed by atoms with Crippen molar-refractivity contribution in [2.75, 3.05) is 39.3 Å². The van der Waals surface area contributed by atoms with Crippen LogP contribution in [0.1, 0.15) is 21.7 Å². The van der Waals surface area contributed by atoms with Crippen LogP contribution in [0.4, 0.5) is 0 Å². The Morgan fingerprint density at radius 3 is 2.59 bits per heavy atom. The van der Waals surface area contributed by atoms with Crippen molar-refractivity contribution in [3.8, 4) is 11.5 Å². The second-order valence-electron chi connectivity index (χ2n) is 6.74. The standard InChI is InChI=1S/C20H22N2O5/c23-10-9-21-5-7-22(8-6-21)13-16-17(24)4-3-15-19(25)18(27-20(15)16)12-14-2-1-11-26-14/h1-4,11-12,23-24H,5-10,13H2/b18-12+. The van der Waals surface area contributed by atoms with Crippen LogP contribution >= 0.6 is 0 Å². The topological polar surface area (TPSA) is 86.4 Å². The van der Waals surface area contributed by atoms with Crippen molar-refractivity contribution in [3.05, 3.63) is 53.2 Å². The molecule has 27 heavy (non-hydrogen) atoms. The van der Waals surface area contributed by atoms with Gasteiger partial charge in [-0.15, -0.1) is 0 Å². The number of ether oxygens (including phenoxy) is 1.